The number of nitrogen functional groups attached to an aromatic ring is 1. The average molecular weight is 324 g/mol. The smallest absolute Gasteiger partial charge is 0.304 e. The third kappa shape index (κ3) is 2.71. The Morgan fingerprint density at radius 1 is 1.33 bits per heavy atom. The van der Waals surface area contributed by atoms with Crippen molar-refractivity contribution in [1.82, 2.24) is 14.7 Å². The van der Waals surface area contributed by atoms with Gasteiger partial charge in [0.1, 0.15) is 4.90 Å². The molecule has 7 nitrogen and oxygen atoms in total. The first kappa shape index (κ1) is 13.9. The fourth-order valence-electron chi connectivity index (χ4n) is 1.99. The van der Waals surface area contributed by atoms with Crippen LogP contribution in [0.15, 0.2) is 39.5 Å². The zero-order valence-electron chi connectivity index (χ0n) is 10.7. The topological polar surface area (TPSA) is 121 Å². The van der Waals surface area contributed by atoms with E-state index in [1.807, 2.05) is 0 Å². The normalized spacial score (nSPS) is 12.0. The molecule has 2 heterocycles. The molecule has 0 fully saturated rings. The van der Waals surface area contributed by atoms with Crippen LogP contribution < -0.4 is 15.3 Å². The Morgan fingerprint density at radius 2 is 2.14 bits per heavy atom. The lowest BCUT2D eigenvalue weighted by atomic mass is 10.2. The zero-order chi connectivity index (χ0) is 15.0. The lowest BCUT2D eigenvalue weighted by Crippen LogP contribution is -2.23. The highest BCUT2D eigenvalue weighted by Crippen LogP contribution is 2.24. The molecule has 1 aromatic carbocycles. The second kappa shape index (κ2) is 5.02. The van der Waals surface area contributed by atoms with Crippen molar-refractivity contribution in [3.63, 3.8) is 0 Å². The largest absolute Gasteiger partial charge is 0.399 e. The van der Waals surface area contributed by atoms with Crippen molar-refractivity contribution in [2.45, 2.75) is 11.4 Å². The lowest BCUT2D eigenvalue weighted by Gasteiger charge is -2.04. The molecular weight excluding hydrogens is 312 g/mol. The van der Waals surface area contributed by atoms with Gasteiger partial charge in [-0.25, -0.2) is 13.1 Å². The minimum atomic E-state index is -3.70. The van der Waals surface area contributed by atoms with Crippen LogP contribution in [0.5, 0.6) is 0 Å². The number of aromatic nitrogens is 2. The maximum Gasteiger partial charge on any atom is 0.304 e. The van der Waals surface area contributed by atoms with E-state index in [0.717, 1.165) is 11.3 Å². The molecule has 0 atom stereocenters. The van der Waals surface area contributed by atoms with Gasteiger partial charge in [-0.3, -0.25) is 4.79 Å². The van der Waals surface area contributed by atoms with Gasteiger partial charge in [-0.05, 0) is 18.2 Å². The first-order valence-corrected chi connectivity index (χ1v) is 8.35. The molecule has 2 aromatic heterocycles. The molecule has 5 N–H and O–H groups in total. The van der Waals surface area contributed by atoms with Crippen LogP contribution >= 0.6 is 11.3 Å². The number of nitrogens with one attached hydrogen (secondary N) is 3. The zero-order valence-corrected chi connectivity index (χ0v) is 12.3. The Bertz CT molecular complexity index is 952. The molecule has 9 heteroatoms. The number of hydrogen-bond acceptors (Lipinski definition) is 5. The van der Waals surface area contributed by atoms with Crippen molar-refractivity contribution >= 4 is 38.0 Å². The van der Waals surface area contributed by atoms with Gasteiger partial charge < -0.3 is 15.7 Å². The predicted molar refractivity (Wildman–Crippen MR) is 81.7 cm³/mol. The maximum atomic E-state index is 12.3. The summed E-state index contributed by atoms with van der Waals surface area (Å²) in [7, 11) is -3.70. The van der Waals surface area contributed by atoms with Crippen LogP contribution in [-0.4, -0.2) is 18.4 Å². The molecule has 0 aliphatic heterocycles. The summed E-state index contributed by atoms with van der Waals surface area (Å²) < 4.78 is 27.1. The fourth-order valence-corrected chi connectivity index (χ4v) is 3.74. The van der Waals surface area contributed by atoms with Gasteiger partial charge in [0.05, 0.1) is 6.54 Å². The summed E-state index contributed by atoms with van der Waals surface area (Å²) in [5, 5.41) is 2.11. The Kier molecular flexibility index (Phi) is 3.32. The SMILES string of the molecule is Nc1ccc2[nH]cc(S(=O)(=O)NCc3csc(=O)[nH]3)c2c1. The van der Waals surface area contributed by atoms with E-state index in [2.05, 4.69) is 14.7 Å². The van der Waals surface area contributed by atoms with E-state index in [1.54, 1.807) is 23.6 Å². The highest BCUT2D eigenvalue weighted by molar-refractivity contribution is 7.89. The summed E-state index contributed by atoms with van der Waals surface area (Å²) in [5.74, 6) is 0. The van der Waals surface area contributed by atoms with Crippen LogP contribution in [0, 0.1) is 0 Å². The number of rotatable bonds is 4. The second-order valence-electron chi connectivity index (χ2n) is 4.46. The number of benzene rings is 1. The summed E-state index contributed by atoms with van der Waals surface area (Å²) >= 11 is 0.988. The van der Waals surface area contributed by atoms with E-state index in [0.29, 0.717) is 22.3 Å². The number of hydrogen-bond donors (Lipinski definition) is 4. The molecule has 0 saturated heterocycles. The molecule has 21 heavy (non-hydrogen) atoms. The van der Waals surface area contributed by atoms with Crippen molar-refractivity contribution in [2.24, 2.45) is 0 Å². The monoisotopic (exact) mass is 324 g/mol. The molecule has 0 amide bonds. The van der Waals surface area contributed by atoms with Crippen LogP contribution in [0.1, 0.15) is 5.69 Å². The summed E-state index contributed by atoms with van der Waals surface area (Å²) in [5.41, 5.74) is 7.39. The van der Waals surface area contributed by atoms with Crippen molar-refractivity contribution in [3.8, 4) is 0 Å². The number of nitrogens with two attached hydrogens (primary N) is 1. The molecular formula is C12H12N4O3S2. The molecule has 110 valence electrons. The first-order chi connectivity index (χ1) is 9.95. The molecule has 0 aliphatic carbocycles. The van der Waals surface area contributed by atoms with Gasteiger partial charge in [0, 0.05) is 33.9 Å². The molecule has 3 rings (SSSR count). The van der Waals surface area contributed by atoms with Crippen LogP contribution in [-0.2, 0) is 16.6 Å². The van der Waals surface area contributed by atoms with E-state index in [4.69, 9.17) is 5.73 Å². The third-order valence-corrected chi connectivity index (χ3v) is 5.14. The Balaban J connectivity index is 1.92. The fraction of sp³-hybridized carbons (Fsp3) is 0.0833. The van der Waals surface area contributed by atoms with E-state index < -0.39 is 10.0 Å². The highest BCUT2D eigenvalue weighted by Gasteiger charge is 2.19. The first-order valence-electron chi connectivity index (χ1n) is 5.99. The summed E-state index contributed by atoms with van der Waals surface area (Å²) in [6.07, 6.45) is 1.42. The predicted octanol–water partition coefficient (Wildman–Crippen LogP) is 0.978. The number of fused-ring (bicyclic) bond motifs is 1. The van der Waals surface area contributed by atoms with Crippen LogP contribution in [0.25, 0.3) is 10.9 Å². The Labute approximate surface area is 123 Å². The van der Waals surface area contributed by atoms with Crippen molar-refractivity contribution in [2.75, 3.05) is 5.73 Å². The van der Waals surface area contributed by atoms with Crippen LogP contribution in [0.4, 0.5) is 5.69 Å². The van der Waals surface area contributed by atoms with Gasteiger partial charge >= 0.3 is 4.87 Å². The van der Waals surface area contributed by atoms with Gasteiger partial charge in [0.2, 0.25) is 10.0 Å². The summed E-state index contributed by atoms with van der Waals surface area (Å²) in [6, 6.07) is 5.02. The molecule has 0 spiro atoms. The standard InChI is InChI=1S/C12H12N4O3S2/c13-7-1-2-10-9(3-7)11(5-14-10)21(18,19)15-4-8-6-20-12(17)16-8/h1-3,5-6,14-15H,4,13H2,(H,16,17). The number of thiazole rings is 1. The van der Waals surface area contributed by atoms with Gasteiger partial charge in [0.25, 0.3) is 0 Å². The molecule has 0 unspecified atom stereocenters. The Hall–Kier alpha value is -2.10. The molecule has 3 aromatic rings. The number of sulfonamides is 1. The molecule has 0 saturated carbocycles. The van der Waals surface area contributed by atoms with E-state index in [9.17, 15) is 13.2 Å². The average Bonchev–Trinajstić information content (AvgIpc) is 3.02. The van der Waals surface area contributed by atoms with Gasteiger partial charge in [0.15, 0.2) is 0 Å². The van der Waals surface area contributed by atoms with E-state index in [1.165, 1.54) is 6.20 Å². The summed E-state index contributed by atoms with van der Waals surface area (Å²) in [4.78, 5) is 16.4. The maximum absolute atomic E-state index is 12.3. The third-order valence-electron chi connectivity index (χ3n) is 2.98. The second-order valence-corrected chi connectivity index (χ2v) is 7.03. The highest BCUT2D eigenvalue weighted by atomic mass is 32.2. The van der Waals surface area contributed by atoms with E-state index in [-0.39, 0.29) is 16.3 Å². The van der Waals surface area contributed by atoms with Crippen molar-refractivity contribution in [1.29, 1.82) is 0 Å². The quantitative estimate of drug-likeness (QED) is 0.534. The van der Waals surface area contributed by atoms with Gasteiger partial charge in [-0.2, -0.15) is 0 Å². The van der Waals surface area contributed by atoms with Crippen LogP contribution in [0.3, 0.4) is 0 Å². The number of aromatic amines is 2. The van der Waals surface area contributed by atoms with Crippen molar-refractivity contribution in [3.05, 3.63) is 45.1 Å². The molecule has 0 bridgehead atoms. The van der Waals surface area contributed by atoms with E-state index >= 15 is 0 Å². The van der Waals surface area contributed by atoms with Crippen LogP contribution in [0.2, 0.25) is 0 Å². The number of H-pyrrole nitrogens is 2. The molecule has 0 radical (unpaired) electrons. The minimum Gasteiger partial charge on any atom is -0.399 e. The lowest BCUT2D eigenvalue weighted by molar-refractivity contribution is 0.581. The van der Waals surface area contributed by atoms with Gasteiger partial charge in [-0.1, -0.05) is 11.3 Å². The Morgan fingerprint density at radius 3 is 2.86 bits per heavy atom. The number of anilines is 1. The minimum absolute atomic E-state index is 0.0239. The molecule has 0 aliphatic rings. The summed E-state index contributed by atoms with van der Waals surface area (Å²) in [6.45, 7) is 0.0239. The van der Waals surface area contributed by atoms with Gasteiger partial charge in [-0.15, -0.1) is 0 Å². The van der Waals surface area contributed by atoms with Crippen molar-refractivity contribution < 1.29 is 8.42 Å².